The molecule has 0 aromatic heterocycles. The van der Waals surface area contributed by atoms with Crippen molar-refractivity contribution in [2.24, 2.45) is 0 Å². The van der Waals surface area contributed by atoms with Crippen molar-refractivity contribution in [2.75, 3.05) is 4.90 Å². The molecule has 0 spiro atoms. The average Bonchev–Trinajstić information content (AvgIpc) is 2.20. The summed E-state index contributed by atoms with van der Waals surface area (Å²) < 4.78 is 13.4. The van der Waals surface area contributed by atoms with Gasteiger partial charge in [-0.1, -0.05) is 19.1 Å². The van der Waals surface area contributed by atoms with E-state index in [1.54, 1.807) is 13.0 Å². The zero-order valence-electron chi connectivity index (χ0n) is 8.66. The van der Waals surface area contributed by atoms with Gasteiger partial charge in [-0.15, -0.1) is 0 Å². The zero-order valence-corrected chi connectivity index (χ0v) is 8.66. The number of carbonyl (C=O) groups is 2. The fourth-order valence-corrected chi connectivity index (χ4v) is 1.27. The SMILES string of the molecule is CCC(=O)N(C(C)=O)c1ccccc1F. The number of anilines is 1. The number of imide groups is 1. The summed E-state index contributed by atoms with van der Waals surface area (Å²) >= 11 is 0. The van der Waals surface area contributed by atoms with Gasteiger partial charge in [0.2, 0.25) is 11.8 Å². The Bertz CT molecular complexity index is 390. The molecule has 2 amide bonds. The summed E-state index contributed by atoms with van der Waals surface area (Å²) in [4.78, 5) is 23.5. The van der Waals surface area contributed by atoms with Crippen LogP contribution in [0.2, 0.25) is 0 Å². The van der Waals surface area contributed by atoms with E-state index in [1.807, 2.05) is 0 Å². The summed E-state index contributed by atoms with van der Waals surface area (Å²) in [6.45, 7) is 2.86. The summed E-state index contributed by atoms with van der Waals surface area (Å²) in [6, 6.07) is 5.71. The molecule has 3 nitrogen and oxygen atoms in total. The topological polar surface area (TPSA) is 37.4 Å². The van der Waals surface area contributed by atoms with Crippen LogP contribution in [0.25, 0.3) is 0 Å². The summed E-state index contributed by atoms with van der Waals surface area (Å²) in [6.07, 6.45) is 0.161. The van der Waals surface area contributed by atoms with Gasteiger partial charge in [0.25, 0.3) is 0 Å². The molecular weight excluding hydrogens is 197 g/mol. The highest BCUT2D eigenvalue weighted by Gasteiger charge is 2.20. The summed E-state index contributed by atoms with van der Waals surface area (Å²) in [5, 5.41) is 0. The largest absolute Gasteiger partial charge is 0.274 e. The van der Waals surface area contributed by atoms with E-state index in [-0.39, 0.29) is 12.1 Å². The number of rotatable bonds is 2. The van der Waals surface area contributed by atoms with Crippen LogP contribution in [0.15, 0.2) is 24.3 Å². The second kappa shape index (κ2) is 4.68. The van der Waals surface area contributed by atoms with Crippen molar-refractivity contribution in [1.82, 2.24) is 0 Å². The highest BCUT2D eigenvalue weighted by molar-refractivity contribution is 6.13. The van der Waals surface area contributed by atoms with Crippen molar-refractivity contribution in [3.8, 4) is 0 Å². The van der Waals surface area contributed by atoms with Gasteiger partial charge in [-0.25, -0.2) is 9.29 Å². The van der Waals surface area contributed by atoms with Crippen molar-refractivity contribution >= 4 is 17.5 Å². The standard InChI is InChI=1S/C11H12FNO2/c1-3-11(15)13(8(2)14)10-7-5-4-6-9(10)12/h4-7H,3H2,1-2H3. The fourth-order valence-electron chi connectivity index (χ4n) is 1.27. The lowest BCUT2D eigenvalue weighted by molar-refractivity contribution is -0.125. The van der Waals surface area contributed by atoms with Crippen LogP contribution in [-0.4, -0.2) is 11.8 Å². The van der Waals surface area contributed by atoms with Crippen LogP contribution in [0.1, 0.15) is 20.3 Å². The van der Waals surface area contributed by atoms with Gasteiger partial charge in [-0.2, -0.15) is 0 Å². The maximum absolute atomic E-state index is 13.4. The zero-order chi connectivity index (χ0) is 11.4. The summed E-state index contributed by atoms with van der Waals surface area (Å²) in [5.41, 5.74) is 0.0110. The molecule has 0 fully saturated rings. The number of hydrogen-bond donors (Lipinski definition) is 0. The number of hydrogen-bond acceptors (Lipinski definition) is 2. The van der Waals surface area contributed by atoms with Gasteiger partial charge in [-0.3, -0.25) is 9.59 Å². The van der Waals surface area contributed by atoms with E-state index in [4.69, 9.17) is 0 Å². The molecule has 15 heavy (non-hydrogen) atoms. The smallest absolute Gasteiger partial charge is 0.233 e. The Morgan fingerprint density at radius 2 is 1.93 bits per heavy atom. The third-order valence-electron chi connectivity index (χ3n) is 1.96. The molecule has 0 aliphatic heterocycles. The normalized spacial score (nSPS) is 9.80. The number of carbonyl (C=O) groups excluding carboxylic acids is 2. The minimum absolute atomic E-state index is 0.0110. The highest BCUT2D eigenvalue weighted by atomic mass is 19.1. The second-order valence-corrected chi connectivity index (χ2v) is 3.05. The molecular formula is C11H12FNO2. The van der Waals surface area contributed by atoms with Crippen LogP contribution in [0.5, 0.6) is 0 Å². The molecule has 0 heterocycles. The Kier molecular flexibility index (Phi) is 3.55. The molecule has 4 heteroatoms. The number of amides is 2. The van der Waals surface area contributed by atoms with Gasteiger partial charge in [-0.05, 0) is 12.1 Å². The minimum Gasteiger partial charge on any atom is -0.274 e. The lowest BCUT2D eigenvalue weighted by Gasteiger charge is -2.18. The van der Waals surface area contributed by atoms with Crippen LogP contribution in [0.4, 0.5) is 10.1 Å². The van der Waals surface area contributed by atoms with Gasteiger partial charge in [0.05, 0.1) is 5.69 Å². The Hall–Kier alpha value is -1.71. The molecule has 1 aromatic carbocycles. The van der Waals surface area contributed by atoms with E-state index in [1.165, 1.54) is 25.1 Å². The number of para-hydroxylation sites is 1. The lowest BCUT2D eigenvalue weighted by atomic mass is 10.2. The van der Waals surface area contributed by atoms with Crippen molar-refractivity contribution in [3.05, 3.63) is 30.1 Å². The first-order valence-electron chi connectivity index (χ1n) is 4.66. The van der Waals surface area contributed by atoms with Crippen LogP contribution in [0.3, 0.4) is 0 Å². The molecule has 80 valence electrons. The number of benzene rings is 1. The van der Waals surface area contributed by atoms with E-state index >= 15 is 0 Å². The molecule has 0 atom stereocenters. The van der Waals surface area contributed by atoms with Gasteiger partial charge in [0, 0.05) is 13.3 Å². The van der Waals surface area contributed by atoms with E-state index in [0.717, 1.165) is 4.90 Å². The predicted octanol–water partition coefficient (Wildman–Crippen LogP) is 2.12. The first kappa shape index (κ1) is 11.4. The van der Waals surface area contributed by atoms with Crippen LogP contribution in [-0.2, 0) is 9.59 Å². The monoisotopic (exact) mass is 209 g/mol. The molecule has 1 aromatic rings. The summed E-state index contributed by atoms with van der Waals surface area (Å²) in [5.74, 6) is -1.46. The van der Waals surface area contributed by atoms with Crippen LogP contribution >= 0.6 is 0 Å². The molecule has 1 rings (SSSR count). The van der Waals surface area contributed by atoms with Gasteiger partial charge in [0.15, 0.2) is 0 Å². The Balaban J connectivity index is 3.16. The third kappa shape index (κ3) is 2.40. The lowest BCUT2D eigenvalue weighted by Crippen LogP contribution is -2.35. The maximum atomic E-state index is 13.4. The van der Waals surface area contributed by atoms with Crippen molar-refractivity contribution in [1.29, 1.82) is 0 Å². The Morgan fingerprint density at radius 3 is 2.40 bits per heavy atom. The first-order valence-corrected chi connectivity index (χ1v) is 4.66. The Morgan fingerprint density at radius 1 is 1.33 bits per heavy atom. The van der Waals surface area contributed by atoms with Crippen molar-refractivity contribution < 1.29 is 14.0 Å². The molecule has 0 unspecified atom stereocenters. The molecule has 0 aliphatic carbocycles. The van der Waals surface area contributed by atoms with Gasteiger partial charge >= 0.3 is 0 Å². The Labute approximate surface area is 87.5 Å². The predicted molar refractivity (Wildman–Crippen MR) is 54.9 cm³/mol. The van der Waals surface area contributed by atoms with Gasteiger partial charge < -0.3 is 0 Å². The minimum atomic E-state index is -0.575. The molecule has 0 aliphatic rings. The van der Waals surface area contributed by atoms with Crippen molar-refractivity contribution in [2.45, 2.75) is 20.3 Å². The van der Waals surface area contributed by atoms with Crippen LogP contribution < -0.4 is 4.90 Å². The molecule has 0 radical (unpaired) electrons. The van der Waals surface area contributed by atoms with E-state index in [9.17, 15) is 14.0 Å². The third-order valence-corrected chi connectivity index (χ3v) is 1.96. The van der Waals surface area contributed by atoms with Crippen molar-refractivity contribution in [3.63, 3.8) is 0 Å². The summed E-state index contributed by atoms with van der Waals surface area (Å²) in [7, 11) is 0. The van der Waals surface area contributed by atoms with Crippen LogP contribution in [0, 0.1) is 5.82 Å². The van der Waals surface area contributed by atoms with E-state index in [0.29, 0.717) is 0 Å². The molecule has 0 saturated carbocycles. The number of nitrogens with zero attached hydrogens (tertiary/aromatic N) is 1. The van der Waals surface area contributed by atoms with E-state index in [2.05, 4.69) is 0 Å². The number of halogens is 1. The highest BCUT2D eigenvalue weighted by Crippen LogP contribution is 2.19. The van der Waals surface area contributed by atoms with E-state index < -0.39 is 17.6 Å². The molecule has 0 N–H and O–H groups in total. The maximum Gasteiger partial charge on any atom is 0.233 e. The molecule has 0 bridgehead atoms. The second-order valence-electron chi connectivity index (χ2n) is 3.05. The fraction of sp³-hybridized carbons (Fsp3) is 0.273. The average molecular weight is 209 g/mol. The quantitative estimate of drug-likeness (QED) is 0.748. The first-order chi connectivity index (χ1) is 7.07. The molecule has 0 saturated heterocycles. The van der Waals surface area contributed by atoms with Gasteiger partial charge in [0.1, 0.15) is 5.82 Å².